The van der Waals surface area contributed by atoms with Crippen molar-refractivity contribution in [3.63, 3.8) is 0 Å². The third kappa shape index (κ3) is 2.95. The number of hydrogen-bond acceptors (Lipinski definition) is 4. The number of nitrogens with one attached hydrogen (secondary N) is 1. The van der Waals surface area contributed by atoms with Crippen molar-refractivity contribution in [1.82, 2.24) is 5.32 Å². The second-order valence-corrected chi connectivity index (χ2v) is 5.58. The first-order valence-electron chi connectivity index (χ1n) is 7.48. The molecule has 1 aliphatic rings. The molecule has 2 aromatic carbocycles. The summed E-state index contributed by atoms with van der Waals surface area (Å²) < 4.78 is 16.3. The van der Waals surface area contributed by atoms with Crippen molar-refractivity contribution < 1.29 is 19.0 Å². The lowest BCUT2D eigenvalue weighted by Crippen LogP contribution is -2.30. The molecule has 1 N–H and O–H groups in total. The van der Waals surface area contributed by atoms with Crippen LogP contribution in [-0.4, -0.2) is 25.9 Å². The van der Waals surface area contributed by atoms with Gasteiger partial charge in [-0.15, -0.1) is 0 Å². The molecule has 2 aromatic rings. The highest BCUT2D eigenvalue weighted by Crippen LogP contribution is 2.43. The van der Waals surface area contributed by atoms with E-state index in [1.807, 2.05) is 38.1 Å². The van der Waals surface area contributed by atoms with Crippen LogP contribution in [-0.2, 0) is 0 Å². The van der Waals surface area contributed by atoms with Crippen molar-refractivity contribution in [2.24, 2.45) is 0 Å². The molecule has 0 aromatic heterocycles. The van der Waals surface area contributed by atoms with E-state index < -0.39 is 0 Å². The fourth-order valence-corrected chi connectivity index (χ4v) is 2.56. The lowest BCUT2D eigenvalue weighted by molar-refractivity contribution is 0.0943. The summed E-state index contributed by atoms with van der Waals surface area (Å²) in [6, 6.07) is 11.1. The van der Waals surface area contributed by atoms with Crippen molar-refractivity contribution in [2.45, 2.75) is 19.9 Å². The molecule has 120 valence electrons. The minimum absolute atomic E-state index is 0.0641. The summed E-state index contributed by atoms with van der Waals surface area (Å²) in [6.07, 6.45) is 0. The number of carbonyl (C=O) groups is 1. The predicted molar refractivity (Wildman–Crippen MR) is 87.2 cm³/mol. The van der Waals surface area contributed by atoms with Gasteiger partial charge < -0.3 is 19.5 Å². The summed E-state index contributed by atoms with van der Waals surface area (Å²) >= 11 is 0. The number of fused-ring (bicyclic) bond motifs is 1. The van der Waals surface area contributed by atoms with Crippen LogP contribution in [0.25, 0.3) is 11.1 Å². The molecule has 3 rings (SSSR count). The van der Waals surface area contributed by atoms with Crippen LogP contribution >= 0.6 is 0 Å². The van der Waals surface area contributed by atoms with Crippen LogP contribution in [0.1, 0.15) is 24.2 Å². The van der Waals surface area contributed by atoms with E-state index in [-0.39, 0.29) is 18.7 Å². The van der Waals surface area contributed by atoms with E-state index >= 15 is 0 Å². The van der Waals surface area contributed by atoms with Crippen molar-refractivity contribution in [1.29, 1.82) is 0 Å². The summed E-state index contributed by atoms with van der Waals surface area (Å²) in [7, 11) is 1.60. The molecule has 0 spiro atoms. The highest BCUT2D eigenvalue weighted by Gasteiger charge is 2.21. The Morgan fingerprint density at radius 3 is 2.52 bits per heavy atom. The number of hydrogen-bond donors (Lipinski definition) is 1. The average molecular weight is 313 g/mol. The molecule has 0 aliphatic carbocycles. The van der Waals surface area contributed by atoms with Crippen LogP contribution in [0.3, 0.4) is 0 Å². The number of amides is 1. The Kier molecular flexibility index (Phi) is 4.10. The van der Waals surface area contributed by atoms with Gasteiger partial charge in [0.1, 0.15) is 5.75 Å². The Morgan fingerprint density at radius 1 is 1.13 bits per heavy atom. The molecule has 0 saturated carbocycles. The van der Waals surface area contributed by atoms with Crippen LogP contribution in [0.2, 0.25) is 0 Å². The largest absolute Gasteiger partial charge is 0.496 e. The molecule has 0 saturated heterocycles. The van der Waals surface area contributed by atoms with E-state index in [9.17, 15) is 4.79 Å². The molecule has 23 heavy (non-hydrogen) atoms. The van der Waals surface area contributed by atoms with E-state index in [0.29, 0.717) is 22.8 Å². The second-order valence-electron chi connectivity index (χ2n) is 5.58. The molecule has 0 bridgehead atoms. The molecule has 5 heteroatoms. The first-order chi connectivity index (χ1) is 11.1. The quantitative estimate of drug-likeness (QED) is 0.941. The van der Waals surface area contributed by atoms with Gasteiger partial charge in [-0.3, -0.25) is 4.79 Å². The van der Waals surface area contributed by atoms with Gasteiger partial charge in [-0.25, -0.2) is 0 Å². The predicted octanol–water partition coefficient (Wildman–Crippen LogP) is 3.23. The minimum Gasteiger partial charge on any atom is -0.496 e. The Bertz CT molecular complexity index is 740. The second kappa shape index (κ2) is 6.20. The van der Waals surface area contributed by atoms with Gasteiger partial charge >= 0.3 is 0 Å². The first-order valence-corrected chi connectivity index (χ1v) is 7.48. The Morgan fingerprint density at radius 2 is 1.83 bits per heavy atom. The zero-order chi connectivity index (χ0) is 16.4. The molecule has 0 unspecified atom stereocenters. The standard InChI is InChI=1S/C18H19NO4/c1-11(2)19-18(20)13-7-5-4-6-12(13)14-8-16-17(23-10-22-16)9-15(14)21-3/h4-9,11H,10H2,1-3H3,(H,19,20). The van der Waals surface area contributed by atoms with Crippen LogP contribution < -0.4 is 19.5 Å². The molecule has 0 radical (unpaired) electrons. The van der Waals surface area contributed by atoms with E-state index in [0.717, 1.165) is 11.1 Å². The van der Waals surface area contributed by atoms with Gasteiger partial charge in [0, 0.05) is 23.2 Å². The van der Waals surface area contributed by atoms with E-state index in [2.05, 4.69) is 5.32 Å². The number of ether oxygens (including phenoxy) is 3. The molecule has 1 amide bonds. The molecular weight excluding hydrogens is 294 g/mol. The van der Waals surface area contributed by atoms with Gasteiger partial charge in [0.2, 0.25) is 6.79 Å². The third-order valence-corrected chi connectivity index (χ3v) is 3.58. The first kappa shape index (κ1) is 15.2. The Balaban J connectivity index is 2.10. The zero-order valence-electron chi connectivity index (χ0n) is 13.4. The number of methoxy groups -OCH3 is 1. The zero-order valence-corrected chi connectivity index (χ0v) is 13.4. The fourth-order valence-electron chi connectivity index (χ4n) is 2.56. The van der Waals surface area contributed by atoms with Crippen molar-refractivity contribution in [3.05, 3.63) is 42.0 Å². The number of benzene rings is 2. The van der Waals surface area contributed by atoms with Crippen LogP contribution in [0.4, 0.5) is 0 Å². The monoisotopic (exact) mass is 313 g/mol. The highest BCUT2D eigenvalue weighted by molar-refractivity contribution is 6.01. The fraction of sp³-hybridized carbons (Fsp3) is 0.278. The van der Waals surface area contributed by atoms with E-state index in [1.54, 1.807) is 19.2 Å². The molecular formula is C18H19NO4. The SMILES string of the molecule is COc1cc2c(cc1-c1ccccc1C(=O)NC(C)C)OCO2. The van der Waals surface area contributed by atoms with Crippen molar-refractivity contribution >= 4 is 5.91 Å². The summed E-state index contributed by atoms with van der Waals surface area (Å²) in [4.78, 5) is 12.5. The van der Waals surface area contributed by atoms with Gasteiger partial charge in [-0.1, -0.05) is 18.2 Å². The minimum atomic E-state index is -0.115. The summed E-state index contributed by atoms with van der Waals surface area (Å²) in [5, 5.41) is 2.92. The lowest BCUT2D eigenvalue weighted by atomic mass is 9.97. The average Bonchev–Trinajstić information content (AvgIpc) is 3.00. The normalized spacial score (nSPS) is 12.3. The lowest BCUT2D eigenvalue weighted by Gasteiger charge is -2.15. The summed E-state index contributed by atoms with van der Waals surface area (Å²) in [6.45, 7) is 4.06. The topological polar surface area (TPSA) is 56.8 Å². The van der Waals surface area contributed by atoms with Gasteiger partial charge in [0.25, 0.3) is 5.91 Å². The molecule has 5 nitrogen and oxygen atoms in total. The van der Waals surface area contributed by atoms with Gasteiger partial charge in [-0.05, 0) is 31.5 Å². The smallest absolute Gasteiger partial charge is 0.252 e. The highest BCUT2D eigenvalue weighted by atomic mass is 16.7. The molecule has 1 heterocycles. The van der Waals surface area contributed by atoms with Crippen LogP contribution in [0, 0.1) is 0 Å². The third-order valence-electron chi connectivity index (χ3n) is 3.58. The summed E-state index contributed by atoms with van der Waals surface area (Å²) in [5.41, 5.74) is 2.19. The van der Waals surface area contributed by atoms with Gasteiger partial charge in [0.15, 0.2) is 11.5 Å². The molecule has 0 atom stereocenters. The van der Waals surface area contributed by atoms with E-state index in [1.165, 1.54) is 0 Å². The van der Waals surface area contributed by atoms with E-state index in [4.69, 9.17) is 14.2 Å². The maximum atomic E-state index is 12.5. The maximum absolute atomic E-state index is 12.5. The maximum Gasteiger partial charge on any atom is 0.252 e. The van der Waals surface area contributed by atoms with Crippen molar-refractivity contribution in [2.75, 3.05) is 13.9 Å². The number of carbonyl (C=O) groups excluding carboxylic acids is 1. The summed E-state index contributed by atoms with van der Waals surface area (Å²) in [5.74, 6) is 1.82. The van der Waals surface area contributed by atoms with Crippen LogP contribution in [0.15, 0.2) is 36.4 Å². The molecule has 1 aliphatic heterocycles. The number of rotatable bonds is 4. The van der Waals surface area contributed by atoms with Gasteiger partial charge in [0.05, 0.1) is 7.11 Å². The van der Waals surface area contributed by atoms with Gasteiger partial charge in [-0.2, -0.15) is 0 Å². The Labute approximate surface area is 135 Å². The van der Waals surface area contributed by atoms with Crippen molar-refractivity contribution in [3.8, 4) is 28.4 Å². The van der Waals surface area contributed by atoms with Crippen LogP contribution in [0.5, 0.6) is 17.2 Å². The Hall–Kier alpha value is -2.69. The molecule has 0 fully saturated rings.